The first kappa shape index (κ1) is 16.7. The summed E-state index contributed by atoms with van der Waals surface area (Å²) in [5.41, 5.74) is 7.01. The molecule has 0 aliphatic heterocycles. The molecule has 1 rings (SSSR count). The second-order valence-electron chi connectivity index (χ2n) is 4.62. The molecule has 1 aromatic rings. The summed E-state index contributed by atoms with van der Waals surface area (Å²) in [6, 6.07) is 5.44. The molecule has 0 saturated carbocycles. The molecule has 0 saturated heterocycles. The summed E-state index contributed by atoms with van der Waals surface area (Å²) in [6.07, 6.45) is -0.650. The van der Waals surface area contributed by atoms with Crippen LogP contribution in [0.3, 0.4) is 0 Å². The van der Waals surface area contributed by atoms with Gasteiger partial charge in [0.25, 0.3) is 0 Å². The molecule has 0 heterocycles. The van der Waals surface area contributed by atoms with Gasteiger partial charge in [-0.1, -0.05) is 12.1 Å². The van der Waals surface area contributed by atoms with E-state index in [4.69, 9.17) is 0 Å². The molecule has 0 aromatic heterocycles. The summed E-state index contributed by atoms with van der Waals surface area (Å²) >= 11 is 0. The van der Waals surface area contributed by atoms with Crippen molar-refractivity contribution in [1.82, 2.24) is 10.9 Å². The molecule has 0 unspecified atom stereocenters. The Morgan fingerprint density at radius 3 is 2.38 bits per heavy atom. The molecule has 2 N–H and O–H groups in total. The molecular weight excluding hydrogens is 272 g/mol. The van der Waals surface area contributed by atoms with Gasteiger partial charge in [-0.25, -0.2) is 10.2 Å². The zero-order chi connectivity index (χ0) is 15.8. The van der Waals surface area contributed by atoms with Crippen molar-refractivity contribution in [3.05, 3.63) is 34.9 Å². The van der Waals surface area contributed by atoms with E-state index < -0.39 is 12.0 Å². The highest BCUT2D eigenvalue weighted by molar-refractivity contribution is 5.98. The molecule has 0 atom stereocenters. The minimum atomic E-state index is -0.730. The number of amides is 2. The first-order valence-corrected chi connectivity index (χ1v) is 6.76. The van der Waals surface area contributed by atoms with Crippen molar-refractivity contribution in [2.75, 3.05) is 6.61 Å². The maximum atomic E-state index is 12.0. The van der Waals surface area contributed by atoms with E-state index in [0.29, 0.717) is 5.56 Å². The highest BCUT2D eigenvalue weighted by Gasteiger charge is 2.11. The standard InChI is InChI=1S/C15H20N2O4/c1-4-21-15(20)17-16-14(19)8-7-13(18)12-6-5-10(2)11(3)9-12/h5-6,9H,4,7-8H2,1-3H3,(H,16,19)(H,17,20). The summed E-state index contributed by atoms with van der Waals surface area (Å²) < 4.78 is 4.58. The first-order chi connectivity index (χ1) is 9.93. The summed E-state index contributed by atoms with van der Waals surface area (Å²) in [5, 5.41) is 0. The number of carbonyl (C=O) groups is 3. The Kier molecular flexibility index (Phi) is 6.39. The van der Waals surface area contributed by atoms with Gasteiger partial charge in [0.1, 0.15) is 0 Å². The topological polar surface area (TPSA) is 84.5 Å². The third-order valence-electron chi connectivity index (χ3n) is 2.99. The van der Waals surface area contributed by atoms with Gasteiger partial charge in [-0.05, 0) is 38.0 Å². The van der Waals surface area contributed by atoms with Crippen LogP contribution in [0.1, 0.15) is 41.3 Å². The fourth-order valence-corrected chi connectivity index (χ4v) is 1.64. The number of nitrogens with one attached hydrogen (secondary N) is 2. The lowest BCUT2D eigenvalue weighted by molar-refractivity contribution is -0.121. The number of benzene rings is 1. The normalized spacial score (nSPS) is 9.86. The van der Waals surface area contributed by atoms with Crippen LogP contribution in [-0.2, 0) is 9.53 Å². The number of ether oxygens (including phenoxy) is 1. The Hall–Kier alpha value is -2.37. The van der Waals surface area contributed by atoms with Gasteiger partial charge in [0.15, 0.2) is 5.78 Å². The summed E-state index contributed by atoms with van der Waals surface area (Å²) in [4.78, 5) is 34.4. The maximum absolute atomic E-state index is 12.0. The van der Waals surface area contributed by atoms with Crippen LogP contribution >= 0.6 is 0 Å². The molecule has 0 spiro atoms. The lowest BCUT2D eigenvalue weighted by atomic mass is 10.0. The van der Waals surface area contributed by atoms with Crippen LogP contribution in [0.25, 0.3) is 0 Å². The summed E-state index contributed by atoms with van der Waals surface area (Å²) in [7, 11) is 0. The number of Topliss-reactive ketones (excluding diaryl/α,β-unsaturated/α-hetero) is 1. The van der Waals surface area contributed by atoms with E-state index in [-0.39, 0.29) is 25.2 Å². The van der Waals surface area contributed by atoms with Gasteiger partial charge in [0.05, 0.1) is 6.61 Å². The molecule has 114 valence electrons. The van der Waals surface area contributed by atoms with E-state index in [0.717, 1.165) is 11.1 Å². The maximum Gasteiger partial charge on any atom is 0.426 e. The Morgan fingerprint density at radius 2 is 1.76 bits per heavy atom. The third kappa shape index (κ3) is 5.64. The van der Waals surface area contributed by atoms with E-state index in [9.17, 15) is 14.4 Å². The van der Waals surface area contributed by atoms with Gasteiger partial charge in [-0.2, -0.15) is 0 Å². The predicted octanol–water partition coefficient (Wildman–Crippen LogP) is 2.04. The second kappa shape index (κ2) is 8.04. The van der Waals surface area contributed by atoms with Gasteiger partial charge in [0.2, 0.25) is 5.91 Å². The van der Waals surface area contributed by atoms with Gasteiger partial charge >= 0.3 is 6.09 Å². The monoisotopic (exact) mass is 292 g/mol. The van der Waals surface area contributed by atoms with Crippen molar-refractivity contribution in [2.24, 2.45) is 0 Å². The molecule has 0 radical (unpaired) electrons. The lowest BCUT2D eigenvalue weighted by Crippen LogP contribution is -2.41. The first-order valence-electron chi connectivity index (χ1n) is 6.76. The van der Waals surface area contributed by atoms with Crippen LogP contribution in [0.5, 0.6) is 0 Å². The lowest BCUT2D eigenvalue weighted by Gasteiger charge is -2.07. The molecule has 21 heavy (non-hydrogen) atoms. The largest absolute Gasteiger partial charge is 0.449 e. The van der Waals surface area contributed by atoms with E-state index >= 15 is 0 Å². The van der Waals surface area contributed by atoms with Crippen LogP contribution in [-0.4, -0.2) is 24.4 Å². The second-order valence-corrected chi connectivity index (χ2v) is 4.62. The quantitative estimate of drug-likeness (QED) is 0.642. The SMILES string of the molecule is CCOC(=O)NNC(=O)CCC(=O)c1ccc(C)c(C)c1. The Labute approximate surface area is 123 Å². The molecule has 6 nitrogen and oxygen atoms in total. The molecule has 1 aromatic carbocycles. The third-order valence-corrected chi connectivity index (χ3v) is 2.99. The van der Waals surface area contributed by atoms with Crippen molar-refractivity contribution in [1.29, 1.82) is 0 Å². The Morgan fingerprint density at radius 1 is 1.05 bits per heavy atom. The van der Waals surface area contributed by atoms with Crippen molar-refractivity contribution < 1.29 is 19.1 Å². The van der Waals surface area contributed by atoms with Crippen LogP contribution < -0.4 is 10.9 Å². The fraction of sp³-hybridized carbons (Fsp3) is 0.400. The van der Waals surface area contributed by atoms with Crippen molar-refractivity contribution in [3.63, 3.8) is 0 Å². The van der Waals surface area contributed by atoms with E-state index in [2.05, 4.69) is 15.6 Å². The minimum Gasteiger partial charge on any atom is -0.449 e. The molecule has 0 aliphatic rings. The van der Waals surface area contributed by atoms with E-state index in [1.807, 2.05) is 26.0 Å². The number of hydrazine groups is 1. The zero-order valence-corrected chi connectivity index (χ0v) is 12.5. The summed E-state index contributed by atoms with van der Waals surface area (Å²) in [6.45, 7) is 5.77. The molecule has 0 bridgehead atoms. The highest BCUT2D eigenvalue weighted by atomic mass is 16.5. The molecule has 6 heteroatoms. The van der Waals surface area contributed by atoms with Gasteiger partial charge in [0, 0.05) is 18.4 Å². The molecular formula is C15H20N2O4. The van der Waals surface area contributed by atoms with E-state index in [1.165, 1.54) is 0 Å². The van der Waals surface area contributed by atoms with Crippen LogP contribution in [0.4, 0.5) is 4.79 Å². The Balaban J connectivity index is 2.40. The van der Waals surface area contributed by atoms with Crippen molar-refractivity contribution >= 4 is 17.8 Å². The zero-order valence-electron chi connectivity index (χ0n) is 12.5. The highest BCUT2D eigenvalue weighted by Crippen LogP contribution is 2.12. The van der Waals surface area contributed by atoms with E-state index in [1.54, 1.807) is 13.0 Å². The number of hydrogen-bond donors (Lipinski definition) is 2. The van der Waals surface area contributed by atoms with Crippen LogP contribution in [0.15, 0.2) is 18.2 Å². The number of carbonyl (C=O) groups excluding carboxylic acids is 3. The average molecular weight is 292 g/mol. The molecule has 2 amide bonds. The van der Waals surface area contributed by atoms with Gasteiger partial charge in [-0.3, -0.25) is 15.0 Å². The number of ketones is 1. The Bertz CT molecular complexity index is 540. The molecule has 0 fully saturated rings. The van der Waals surface area contributed by atoms with Crippen molar-refractivity contribution in [2.45, 2.75) is 33.6 Å². The average Bonchev–Trinajstić information content (AvgIpc) is 2.45. The fourth-order valence-electron chi connectivity index (χ4n) is 1.64. The minimum absolute atomic E-state index is 0.00182. The van der Waals surface area contributed by atoms with Gasteiger partial charge in [-0.15, -0.1) is 0 Å². The van der Waals surface area contributed by atoms with Crippen molar-refractivity contribution in [3.8, 4) is 0 Å². The molecule has 0 aliphatic carbocycles. The van der Waals surface area contributed by atoms with Gasteiger partial charge < -0.3 is 4.74 Å². The number of aryl methyl sites for hydroxylation is 2. The summed E-state index contributed by atoms with van der Waals surface area (Å²) in [5.74, 6) is -0.551. The number of rotatable bonds is 5. The van der Waals surface area contributed by atoms with Crippen LogP contribution in [0, 0.1) is 13.8 Å². The number of hydrogen-bond acceptors (Lipinski definition) is 4. The van der Waals surface area contributed by atoms with Crippen LogP contribution in [0.2, 0.25) is 0 Å². The predicted molar refractivity (Wildman–Crippen MR) is 77.8 cm³/mol. The smallest absolute Gasteiger partial charge is 0.426 e.